The lowest BCUT2D eigenvalue weighted by Gasteiger charge is -2.42. The number of ether oxygens (including phenoxy) is 2. The van der Waals surface area contributed by atoms with E-state index in [4.69, 9.17) is 9.47 Å². The fourth-order valence-corrected chi connectivity index (χ4v) is 3.76. The number of hydrogen-bond acceptors (Lipinski definition) is 3. The molecule has 0 aromatic carbocycles. The van der Waals surface area contributed by atoms with E-state index < -0.39 is 0 Å². The van der Waals surface area contributed by atoms with Gasteiger partial charge in [-0.2, -0.15) is 0 Å². The second-order valence-corrected chi connectivity index (χ2v) is 6.32. The second-order valence-electron chi connectivity index (χ2n) is 6.32. The summed E-state index contributed by atoms with van der Waals surface area (Å²) in [4.78, 5) is 0. The summed E-state index contributed by atoms with van der Waals surface area (Å²) in [5.74, 6) is 0. The van der Waals surface area contributed by atoms with E-state index in [0.29, 0.717) is 18.2 Å². The first-order valence-electron chi connectivity index (χ1n) is 8.14. The minimum Gasteiger partial charge on any atom is -0.381 e. The molecule has 0 amide bonds. The lowest BCUT2D eigenvalue weighted by molar-refractivity contribution is -0.0950. The van der Waals surface area contributed by atoms with Gasteiger partial charge in [0.2, 0.25) is 0 Å². The average Bonchev–Trinajstić information content (AvgIpc) is 2.47. The van der Waals surface area contributed by atoms with E-state index in [9.17, 15) is 0 Å². The van der Waals surface area contributed by atoms with E-state index in [1.165, 1.54) is 32.1 Å². The third-order valence-electron chi connectivity index (χ3n) is 5.21. The topological polar surface area (TPSA) is 30.5 Å². The Bertz CT molecular complexity index is 265. The predicted octanol–water partition coefficient (Wildman–Crippen LogP) is 3.27. The van der Waals surface area contributed by atoms with E-state index >= 15 is 0 Å². The molecule has 112 valence electrons. The zero-order valence-corrected chi connectivity index (χ0v) is 12.9. The van der Waals surface area contributed by atoms with Crippen molar-refractivity contribution >= 4 is 0 Å². The monoisotopic (exact) mass is 269 g/mol. The van der Waals surface area contributed by atoms with Gasteiger partial charge in [0.1, 0.15) is 0 Å². The Morgan fingerprint density at radius 2 is 1.95 bits per heavy atom. The molecule has 1 saturated carbocycles. The Morgan fingerprint density at radius 1 is 1.16 bits per heavy atom. The summed E-state index contributed by atoms with van der Waals surface area (Å²) in [6.07, 6.45) is 10.1. The minimum absolute atomic E-state index is 0.130. The Balaban J connectivity index is 1.85. The number of nitrogens with one attached hydrogen (secondary N) is 1. The molecule has 0 bridgehead atoms. The molecule has 1 heterocycles. The van der Waals surface area contributed by atoms with Gasteiger partial charge in [-0.05, 0) is 51.4 Å². The lowest BCUT2D eigenvalue weighted by Crippen LogP contribution is -2.50. The Hall–Kier alpha value is -0.120. The van der Waals surface area contributed by atoms with Crippen molar-refractivity contribution in [3.8, 4) is 0 Å². The van der Waals surface area contributed by atoms with Crippen molar-refractivity contribution in [2.75, 3.05) is 13.7 Å². The zero-order chi connectivity index (χ0) is 13.7. The molecule has 19 heavy (non-hydrogen) atoms. The van der Waals surface area contributed by atoms with E-state index in [1.807, 2.05) is 7.11 Å². The first-order chi connectivity index (χ1) is 9.21. The smallest absolute Gasteiger partial charge is 0.0692 e. The number of rotatable bonds is 5. The van der Waals surface area contributed by atoms with Gasteiger partial charge in [-0.15, -0.1) is 0 Å². The van der Waals surface area contributed by atoms with Crippen molar-refractivity contribution in [2.45, 2.75) is 89.0 Å². The molecule has 3 unspecified atom stereocenters. The zero-order valence-electron chi connectivity index (χ0n) is 12.9. The fraction of sp³-hybridized carbons (Fsp3) is 1.00. The van der Waals surface area contributed by atoms with Crippen LogP contribution in [0.4, 0.5) is 0 Å². The van der Waals surface area contributed by atoms with Gasteiger partial charge in [0, 0.05) is 25.8 Å². The van der Waals surface area contributed by atoms with Gasteiger partial charge >= 0.3 is 0 Å². The van der Waals surface area contributed by atoms with Gasteiger partial charge in [0.25, 0.3) is 0 Å². The van der Waals surface area contributed by atoms with Crippen molar-refractivity contribution in [3.63, 3.8) is 0 Å². The van der Waals surface area contributed by atoms with Gasteiger partial charge in [0.05, 0.1) is 11.7 Å². The maximum atomic E-state index is 6.06. The molecule has 0 aromatic rings. The van der Waals surface area contributed by atoms with Crippen molar-refractivity contribution in [1.29, 1.82) is 0 Å². The Morgan fingerprint density at radius 3 is 2.63 bits per heavy atom. The van der Waals surface area contributed by atoms with Crippen LogP contribution in [0.1, 0.15) is 65.2 Å². The fourth-order valence-electron chi connectivity index (χ4n) is 3.76. The molecule has 1 saturated heterocycles. The van der Waals surface area contributed by atoms with E-state index in [1.54, 1.807) is 0 Å². The van der Waals surface area contributed by atoms with Crippen LogP contribution in [0.2, 0.25) is 0 Å². The van der Waals surface area contributed by atoms with Gasteiger partial charge in [-0.3, -0.25) is 0 Å². The molecule has 2 rings (SSSR count). The first kappa shape index (κ1) is 15.3. The van der Waals surface area contributed by atoms with Gasteiger partial charge in [-0.1, -0.05) is 13.8 Å². The third kappa shape index (κ3) is 3.93. The van der Waals surface area contributed by atoms with E-state index in [2.05, 4.69) is 19.2 Å². The highest BCUT2D eigenvalue weighted by atomic mass is 16.5. The predicted molar refractivity (Wildman–Crippen MR) is 78.5 cm³/mol. The van der Waals surface area contributed by atoms with E-state index in [0.717, 1.165) is 25.9 Å². The van der Waals surface area contributed by atoms with Crippen LogP contribution in [0, 0.1) is 0 Å². The SMILES string of the molecule is CCC1(CC)CC(NC2CCCC(OC)C2)CCO1. The summed E-state index contributed by atoms with van der Waals surface area (Å²) < 4.78 is 11.6. The maximum Gasteiger partial charge on any atom is 0.0692 e. The summed E-state index contributed by atoms with van der Waals surface area (Å²) >= 11 is 0. The molecular formula is C16H31NO2. The molecule has 1 aliphatic heterocycles. The molecule has 3 atom stereocenters. The first-order valence-corrected chi connectivity index (χ1v) is 8.14. The molecule has 2 fully saturated rings. The highest BCUT2D eigenvalue weighted by Crippen LogP contribution is 2.32. The van der Waals surface area contributed by atoms with Gasteiger partial charge in [-0.25, -0.2) is 0 Å². The Kier molecular flexibility index (Phi) is 5.67. The Labute approximate surface area is 118 Å². The molecule has 0 radical (unpaired) electrons. The molecule has 2 aliphatic rings. The lowest BCUT2D eigenvalue weighted by atomic mass is 9.84. The van der Waals surface area contributed by atoms with Crippen LogP contribution in [0.15, 0.2) is 0 Å². The van der Waals surface area contributed by atoms with Crippen molar-refractivity contribution in [1.82, 2.24) is 5.32 Å². The van der Waals surface area contributed by atoms with Crippen LogP contribution in [-0.2, 0) is 9.47 Å². The number of methoxy groups -OCH3 is 1. The second kappa shape index (κ2) is 7.05. The summed E-state index contributed by atoms with van der Waals surface area (Å²) in [7, 11) is 1.85. The molecule has 1 N–H and O–H groups in total. The van der Waals surface area contributed by atoms with Gasteiger partial charge in [0.15, 0.2) is 0 Å². The normalized spacial score (nSPS) is 35.2. The van der Waals surface area contributed by atoms with Crippen LogP contribution in [-0.4, -0.2) is 37.5 Å². The molecular weight excluding hydrogens is 238 g/mol. The largest absolute Gasteiger partial charge is 0.381 e. The van der Waals surface area contributed by atoms with Crippen molar-refractivity contribution in [3.05, 3.63) is 0 Å². The highest BCUT2D eigenvalue weighted by Gasteiger charge is 2.35. The summed E-state index contributed by atoms with van der Waals surface area (Å²) in [5, 5.41) is 3.89. The summed E-state index contributed by atoms with van der Waals surface area (Å²) in [6.45, 7) is 5.43. The van der Waals surface area contributed by atoms with Crippen LogP contribution in [0.5, 0.6) is 0 Å². The summed E-state index contributed by atoms with van der Waals surface area (Å²) in [5.41, 5.74) is 0.130. The molecule has 0 aromatic heterocycles. The van der Waals surface area contributed by atoms with Crippen molar-refractivity contribution < 1.29 is 9.47 Å². The molecule has 1 aliphatic carbocycles. The average molecular weight is 269 g/mol. The quantitative estimate of drug-likeness (QED) is 0.831. The molecule has 3 nitrogen and oxygen atoms in total. The van der Waals surface area contributed by atoms with Crippen LogP contribution in [0.25, 0.3) is 0 Å². The van der Waals surface area contributed by atoms with Crippen molar-refractivity contribution in [2.24, 2.45) is 0 Å². The molecule has 0 spiro atoms. The maximum absolute atomic E-state index is 6.06. The van der Waals surface area contributed by atoms with Crippen LogP contribution < -0.4 is 5.32 Å². The minimum atomic E-state index is 0.130. The van der Waals surface area contributed by atoms with Gasteiger partial charge < -0.3 is 14.8 Å². The van der Waals surface area contributed by atoms with E-state index in [-0.39, 0.29) is 5.60 Å². The standard InChI is InChI=1S/C16H31NO2/c1-4-16(5-2)12-14(9-10-19-16)17-13-7-6-8-15(11-13)18-3/h13-15,17H,4-12H2,1-3H3. The molecule has 3 heteroatoms. The van der Waals surface area contributed by atoms with Crippen LogP contribution >= 0.6 is 0 Å². The highest BCUT2D eigenvalue weighted by molar-refractivity contribution is 4.90. The third-order valence-corrected chi connectivity index (χ3v) is 5.21. The number of hydrogen-bond donors (Lipinski definition) is 1. The summed E-state index contributed by atoms with van der Waals surface area (Å²) in [6, 6.07) is 1.28. The van der Waals surface area contributed by atoms with Crippen LogP contribution in [0.3, 0.4) is 0 Å².